The lowest BCUT2D eigenvalue weighted by atomic mass is 9.98. The van der Waals surface area contributed by atoms with E-state index < -0.39 is 5.91 Å². The van der Waals surface area contributed by atoms with Crippen molar-refractivity contribution >= 4 is 40.9 Å². The zero-order chi connectivity index (χ0) is 17.9. The Morgan fingerprint density at radius 2 is 1.79 bits per heavy atom. The average Bonchev–Trinajstić information content (AvgIpc) is 2.51. The van der Waals surface area contributed by atoms with Crippen molar-refractivity contribution in [2.45, 2.75) is 20.8 Å². The van der Waals surface area contributed by atoms with Crippen molar-refractivity contribution in [3.05, 3.63) is 68.2 Å². The minimum atomic E-state index is -0.527. The van der Waals surface area contributed by atoms with Crippen LogP contribution in [0.25, 0.3) is 6.08 Å². The van der Waals surface area contributed by atoms with Crippen LogP contribution in [0, 0.1) is 32.1 Å². The number of rotatable bonds is 3. The first-order valence-corrected chi connectivity index (χ1v) is 8.04. The summed E-state index contributed by atoms with van der Waals surface area (Å²) in [4.78, 5) is 12.4. The predicted octanol–water partition coefficient (Wildman–Crippen LogP) is 5.46. The van der Waals surface area contributed by atoms with Crippen LogP contribution in [0.4, 0.5) is 5.69 Å². The van der Waals surface area contributed by atoms with Crippen molar-refractivity contribution in [1.29, 1.82) is 5.26 Å². The molecule has 2 aromatic carbocycles. The highest BCUT2D eigenvalue weighted by atomic mass is 35.5. The SMILES string of the molecule is Cc1cc(C)c(C=C(C#N)C(=O)Nc2cccc(Cl)c2Cl)c(C)c1. The molecule has 0 atom stereocenters. The maximum Gasteiger partial charge on any atom is 0.266 e. The van der Waals surface area contributed by atoms with Crippen LogP contribution in [0.15, 0.2) is 35.9 Å². The number of hydrogen-bond acceptors (Lipinski definition) is 2. The number of nitrogens with one attached hydrogen (secondary N) is 1. The van der Waals surface area contributed by atoms with E-state index in [0.717, 1.165) is 22.3 Å². The van der Waals surface area contributed by atoms with E-state index in [9.17, 15) is 10.1 Å². The summed E-state index contributed by atoms with van der Waals surface area (Å²) < 4.78 is 0. The highest BCUT2D eigenvalue weighted by Crippen LogP contribution is 2.30. The molecule has 5 heteroatoms. The van der Waals surface area contributed by atoms with Gasteiger partial charge in [0, 0.05) is 0 Å². The number of aryl methyl sites for hydroxylation is 3. The van der Waals surface area contributed by atoms with Crippen molar-refractivity contribution in [3.8, 4) is 6.07 Å². The van der Waals surface area contributed by atoms with Crippen LogP contribution >= 0.6 is 23.2 Å². The number of anilines is 1. The Labute approximate surface area is 151 Å². The van der Waals surface area contributed by atoms with E-state index in [1.165, 1.54) is 0 Å². The summed E-state index contributed by atoms with van der Waals surface area (Å²) >= 11 is 12.0. The number of amides is 1. The van der Waals surface area contributed by atoms with Gasteiger partial charge in [-0.25, -0.2) is 0 Å². The van der Waals surface area contributed by atoms with Gasteiger partial charge in [0.2, 0.25) is 0 Å². The van der Waals surface area contributed by atoms with E-state index >= 15 is 0 Å². The van der Waals surface area contributed by atoms with Crippen molar-refractivity contribution in [2.75, 3.05) is 5.32 Å². The van der Waals surface area contributed by atoms with Gasteiger partial charge >= 0.3 is 0 Å². The van der Waals surface area contributed by atoms with Gasteiger partial charge in [-0.05, 0) is 55.7 Å². The van der Waals surface area contributed by atoms with Gasteiger partial charge in [-0.2, -0.15) is 5.26 Å². The van der Waals surface area contributed by atoms with Crippen molar-refractivity contribution in [3.63, 3.8) is 0 Å². The number of benzene rings is 2. The van der Waals surface area contributed by atoms with Gasteiger partial charge < -0.3 is 5.32 Å². The number of nitriles is 1. The molecule has 2 rings (SSSR count). The summed E-state index contributed by atoms with van der Waals surface area (Å²) in [7, 11) is 0. The molecule has 0 unspecified atom stereocenters. The topological polar surface area (TPSA) is 52.9 Å². The molecule has 3 nitrogen and oxygen atoms in total. The van der Waals surface area contributed by atoms with Crippen molar-refractivity contribution < 1.29 is 4.79 Å². The first-order valence-electron chi connectivity index (χ1n) is 7.28. The standard InChI is InChI=1S/C19H16Cl2N2O/c1-11-7-12(2)15(13(3)8-11)9-14(10-22)19(24)23-17-6-4-5-16(20)18(17)21/h4-9H,1-3H3,(H,23,24). The second-order valence-corrected chi connectivity index (χ2v) is 6.32. The molecule has 0 bridgehead atoms. The van der Waals surface area contributed by atoms with Gasteiger partial charge in [0.05, 0.1) is 15.7 Å². The summed E-state index contributed by atoms with van der Waals surface area (Å²) in [5.41, 5.74) is 4.39. The highest BCUT2D eigenvalue weighted by Gasteiger charge is 2.14. The first-order chi connectivity index (χ1) is 11.3. The van der Waals surface area contributed by atoms with Crippen LogP contribution in [0.2, 0.25) is 10.0 Å². The monoisotopic (exact) mass is 358 g/mol. The number of carbonyl (C=O) groups excluding carboxylic acids is 1. The van der Waals surface area contributed by atoms with E-state index in [-0.39, 0.29) is 10.6 Å². The summed E-state index contributed by atoms with van der Waals surface area (Å²) in [6.45, 7) is 5.91. The van der Waals surface area contributed by atoms with Gasteiger partial charge in [-0.1, -0.05) is 47.0 Å². The van der Waals surface area contributed by atoms with Crippen LogP contribution < -0.4 is 5.32 Å². The third-order valence-electron chi connectivity index (χ3n) is 3.59. The van der Waals surface area contributed by atoms with Crippen LogP contribution in [0.3, 0.4) is 0 Å². The minimum absolute atomic E-state index is 0.00101. The minimum Gasteiger partial charge on any atom is -0.320 e. The number of halogens is 2. The van der Waals surface area contributed by atoms with E-state index in [4.69, 9.17) is 23.2 Å². The van der Waals surface area contributed by atoms with E-state index in [1.54, 1.807) is 24.3 Å². The van der Waals surface area contributed by atoms with Gasteiger partial charge in [-0.3, -0.25) is 4.79 Å². The maximum atomic E-state index is 12.4. The third kappa shape index (κ3) is 3.97. The quantitative estimate of drug-likeness (QED) is 0.584. The summed E-state index contributed by atoms with van der Waals surface area (Å²) in [5, 5.41) is 12.6. The van der Waals surface area contributed by atoms with Gasteiger partial charge in [0.15, 0.2) is 0 Å². The molecule has 0 aliphatic rings. The Hall–Kier alpha value is -2.28. The normalized spacial score (nSPS) is 11.1. The van der Waals surface area contributed by atoms with Crippen molar-refractivity contribution in [1.82, 2.24) is 0 Å². The lowest BCUT2D eigenvalue weighted by Crippen LogP contribution is -2.14. The van der Waals surface area contributed by atoms with Crippen molar-refractivity contribution in [2.24, 2.45) is 0 Å². The lowest BCUT2D eigenvalue weighted by molar-refractivity contribution is -0.112. The molecule has 0 aliphatic carbocycles. The molecule has 1 amide bonds. The summed E-state index contributed by atoms with van der Waals surface area (Å²) in [5.74, 6) is -0.527. The maximum absolute atomic E-state index is 12.4. The number of nitrogens with zero attached hydrogens (tertiary/aromatic N) is 1. The molecule has 0 aromatic heterocycles. The van der Waals surface area contributed by atoms with E-state index in [0.29, 0.717) is 10.7 Å². The molecular formula is C19H16Cl2N2O. The number of carbonyl (C=O) groups is 1. The summed E-state index contributed by atoms with van der Waals surface area (Å²) in [6.07, 6.45) is 1.60. The molecule has 0 saturated heterocycles. The molecule has 24 heavy (non-hydrogen) atoms. The molecule has 122 valence electrons. The van der Waals surface area contributed by atoms with Gasteiger partial charge in [0.1, 0.15) is 11.6 Å². The predicted molar refractivity (Wildman–Crippen MR) is 99.3 cm³/mol. The summed E-state index contributed by atoms with van der Waals surface area (Å²) in [6, 6.07) is 10.9. The molecule has 2 aromatic rings. The highest BCUT2D eigenvalue weighted by molar-refractivity contribution is 6.44. The van der Waals surface area contributed by atoms with Crippen LogP contribution in [-0.2, 0) is 4.79 Å². The Balaban J connectivity index is 2.37. The van der Waals surface area contributed by atoms with E-state index in [2.05, 4.69) is 5.32 Å². The van der Waals surface area contributed by atoms with E-state index in [1.807, 2.05) is 39.0 Å². The van der Waals surface area contributed by atoms with Gasteiger partial charge in [-0.15, -0.1) is 0 Å². The van der Waals surface area contributed by atoms with Crippen LogP contribution in [0.5, 0.6) is 0 Å². The van der Waals surface area contributed by atoms with Crippen LogP contribution in [-0.4, -0.2) is 5.91 Å². The fourth-order valence-electron chi connectivity index (χ4n) is 2.50. The molecule has 0 aliphatic heterocycles. The van der Waals surface area contributed by atoms with Gasteiger partial charge in [0.25, 0.3) is 5.91 Å². The lowest BCUT2D eigenvalue weighted by Gasteiger charge is -2.10. The Kier molecular flexibility index (Phi) is 5.66. The zero-order valence-electron chi connectivity index (χ0n) is 13.6. The first kappa shape index (κ1) is 18.1. The Bertz CT molecular complexity index is 856. The second kappa shape index (κ2) is 7.53. The molecular weight excluding hydrogens is 343 g/mol. The molecule has 0 heterocycles. The molecule has 0 spiro atoms. The average molecular weight is 359 g/mol. The second-order valence-electron chi connectivity index (χ2n) is 5.54. The smallest absolute Gasteiger partial charge is 0.266 e. The Morgan fingerprint density at radius 1 is 1.17 bits per heavy atom. The third-order valence-corrected chi connectivity index (χ3v) is 4.41. The largest absolute Gasteiger partial charge is 0.320 e. The molecule has 0 saturated carbocycles. The number of hydrogen-bond donors (Lipinski definition) is 1. The molecule has 1 N–H and O–H groups in total. The fraction of sp³-hybridized carbons (Fsp3) is 0.158. The van der Waals surface area contributed by atoms with Crippen LogP contribution in [0.1, 0.15) is 22.3 Å². The molecule has 0 radical (unpaired) electrons. The molecule has 0 fully saturated rings. The fourth-order valence-corrected chi connectivity index (χ4v) is 2.85. The zero-order valence-corrected chi connectivity index (χ0v) is 15.1. The Morgan fingerprint density at radius 3 is 2.38 bits per heavy atom.